The molecule has 0 saturated heterocycles. The lowest BCUT2D eigenvalue weighted by atomic mass is 10.2. The maximum atomic E-state index is 11.5. The van der Waals surface area contributed by atoms with E-state index in [2.05, 4.69) is 12.1 Å². The summed E-state index contributed by atoms with van der Waals surface area (Å²) in [5.41, 5.74) is 2.81. The average molecular weight is 242 g/mol. The highest BCUT2D eigenvalue weighted by Crippen LogP contribution is 2.03. The summed E-state index contributed by atoms with van der Waals surface area (Å²) in [6.07, 6.45) is 3.82. The van der Waals surface area contributed by atoms with Gasteiger partial charge in [0.2, 0.25) is 0 Å². The molecule has 1 heterocycles. The summed E-state index contributed by atoms with van der Waals surface area (Å²) in [6.45, 7) is 2.71. The second-order valence-electron chi connectivity index (χ2n) is 4.25. The smallest absolute Gasteiger partial charge is 0.343 e. The second-order valence-corrected chi connectivity index (χ2v) is 4.25. The van der Waals surface area contributed by atoms with E-state index >= 15 is 0 Å². The first kappa shape index (κ1) is 12.3. The Morgan fingerprint density at radius 1 is 1.22 bits per heavy atom. The van der Waals surface area contributed by atoms with E-state index < -0.39 is 0 Å². The van der Waals surface area contributed by atoms with E-state index in [1.165, 1.54) is 12.7 Å². The lowest BCUT2D eigenvalue weighted by molar-refractivity contribution is -0.688. The molecule has 0 N–H and O–H groups in total. The summed E-state index contributed by atoms with van der Waals surface area (Å²) in [7, 11) is 1.40. The minimum absolute atomic E-state index is 0.305. The number of carbonyl (C=O) groups excluding carboxylic acids is 1. The minimum Gasteiger partial charge on any atom is -0.465 e. The lowest BCUT2D eigenvalue weighted by Crippen LogP contribution is -2.35. The molecule has 0 saturated carbocycles. The third-order valence-corrected chi connectivity index (χ3v) is 2.69. The van der Waals surface area contributed by atoms with Gasteiger partial charge in [0.15, 0.2) is 18.9 Å². The van der Waals surface area contributed by atoms with Crippen molar-refractivity contribution in [2.45, 2.75) is 13.5 Å². The van der Waals surface area contributed by atoms with Crippen LogP contribution in [0.5, 0.6) is 0 Å². The molecule has 0 aliphatic rings. The number of aryl methyl sites for hydroxylation is 1. The Kier molecular flexibility index (Phi) is 3.72. The van der Waals surface area contributed by atoms with Crippen LogP contribution in [0.4, 0.5) is 0 Å². The van der Waals surface area contributed by atoms with Gasteiger partial charge < -0.3 is 4.74 Å². The van der Waals surface area contributed by atoms with Crippen LogP contribution in [0.2, 0.25) is 0 Å². The third-order valence-electron chi connectivity index (χ3n) is 2.69. The molecule has 2 rings (SSSR count). The molecular weight excluding hydrogens is 226 g/mol. The summed E-state index contributed by atoms with van der Waals surface area (Å²) in [4.78, 5) is 11.5. The highest BCUT2D eigenvalue weighted by molar-refractivity contribution is 5.88. The summed E-state index contributed by atoms with van der Waals surface area (Å²) in [6, 6.07) is 12.0. The number of carbonyl (C=O) groups is 1. The van der Waals surface area contributed by atoms with Gasteiger partial charge in [0.05, 0.1) is 7.11 Å². The molecule has 3 heteroatoms. The van der Waals surface area contributed by atoms with Gasteiger partial charge >= 0.3 is 5.97 Å². The summed E-state index contributed by atoms with van der Waals surface area (Å²) in [5.74, 6) is -0.305. The molecule has 0 aliphatic heterocycles. The molecule has 0 bridgehead atoms. The minimum atomic E-state index is -0.305. The maximum Gasteiger partial charge on any atom is 0.343 e. The van der Waals surface area contributed by atoms with E-state index in [1.807, 2.05) is 48.1 Å². The van der Waals surface area contributed by atoms with Gasteiger partial charge in [-0.2, -0.15) is 4.57 Å². The van der Waals surface area contributed by atoms with Crippen LogP contribution in [0.3, 0.4) is 0 Å². The van der Waals surface area contributed by atoms with Crippen LogP contribution >= 0.6 is 0 Å². The van der Waals surface area contributed by atoms with E-state index in [0.29, 0.717) is 5.56 Å². The number of methoxy groups -OCH3 is 1. The van der Waals surface area contributed by atoms with Crippen molar-refractivity contribution in [1.82, 2.24) is 0 Å². The normalized spacial score (nSPS) is 10.1. The third kappa shape index (κ3) is 2.94. The van der Waals surface area contributed by atoms with Gasteiger partial charge in [-0.05, 0) is 13.0 Å². The molecule has 0 fully saturated rings. The Morgan fingerprint density at radius 2 is 1.94 bits per heavy atom. The molecule has 0 radical (unpaired) electrons. The molecule has 18 heavy (non-hydrogen) atoms. The zero-order valence-corrected chi connectivity index (χ0v) is 10.6. The van der Waals surface area contributed by atoms with Crippen LogP contribution in [-0.4, -0.2) is 13.1 Å². The number of ether oxygens (including phenoxy) is 1. The maximum absolute atomic E-state index is 11.5. The van der Waals surface area contributed by atoms with Gasteiger partial charge in [-0.1, -0.05) is 30.3 Å². The second kappa shape index (κ2) is 5.45. The fraction of sp³-hybridized carbons (Fsp3) is 0.200. The first-order valence-corrected chi connectivity index (χ1v) is 5.82. The Balaban J connectivity index is 2.28. The van der Waals surface area contributed by atoms with Crippen LogP contribution in [0.25, 0.3) is 0 Å². The molecule has 1 aromatic heterocycles. The molecule has 0 spiro atoms. The first-order valence-electron chi connectivity index (χ1n) is 5.82. The monoisotopic (exact) mass is 242 g/mol. The van der Waals surface area contributed by atoms with E-state index in [4.69, 9.17) is 4.74 Å². The van der Waals surface area contributed by atoms with Gasteiger partial charge in [0.1, 0.15) is 5.56 Å². The fourth-order valence-electron chi connectivity index (χ4n) is 1.91. The first-order chi connectivity index (χ1) is 8.69. The molecule has 1 aromatic carbocycles. The van der Waals surface area contributed by atoms with E-state index in [1.54, 1.807) is 0 Å². The molecule has 2 aromatic rings. The Labute approximate surface area is 107 Å². The van der Waals surface area contributed by atoms with Gasteiger partial charge in [-0.15, -0.1) is 0 Å². The van der Waals surface area contributed by atoms with E-state index in [0.717, 1.165) is 12.1 Å². The molecule has 3 nitrogen and oxygen atoms in total. The lowest BCUT2D eigenvalue weighted by Gasteiger charge is -2.02. The van der Waals surface area contributed by atoms with Crippen LogP contribution in [-0.2, 0) is 11.3 Å². The molecule has 0 atom stereocenters. The van der Waals surface area contributed by atoms with E-state index in [-0.39, 0.29) is 5.97 Å². The highest BCUT2D eigenvalue weighted by Gasteiger charge is 2.12. The van der Waals surface area contributed by atoms with Gasteiger partial charge in [-0.25, -0.2) is 4.79 Å². The van der Waals surface area contributed by atoms with Gasteiger partial charge in [-0.3, -0.25) is 0 Å². The van der Waals surface area contributed by atoms with Crippen molar-refractivity contribution in [2.75, 3.05) is 7.11 Å². The Hall–Kier alpha value is -2.16. The van der Waals surface area contributed by atoms with Crippen molar-refractivity contribution in [3.8, 4) is 0 Å². The van der Waals surface area contributed by atoms with Crippen molar-refractivity contribution < 1.29 is 14.1 Å². The SMILES string of the molecule is COC(=O)c1cc(C)c[n+](Cc2ccccc2)c1. The molecule has 0 unspecified atom stereocenters. The highest BCUT2D eigenvalue weighted by atomic mass is 16.5. The average Bonchev–Trinajstić information content (AvgIpc) is 2.38. The van der Waals surface area contributed by atoms with Crippen LogP contribution in [0, 0.1) is 6.92 Å². The topological polar surface area (TPSA) is 30.2 Å². The molecular formula is C15H16NO2+. The number of nitrogens with zero attached hydrogens (tertiary/aromatic N) is 1. The summed E-state index contributed by atoms with van der Waals surface area (Å²) >= 11 is 0. The number of rotatable bonds is 3. The number of hydrogen-bond donors (Lipinski definition) is 0. The fourth-order valence-corrected chi connectivity index (χ4v) is 1.91. The van der Waals surface area contributed by atoms with Crippen molar-refractivity contribution >= 4 is 5.97 Å². The molecule has 0 aliphatic carbocycles. The quantitative estimate of drug-likeness (QED) is 0.609. The predicted octanol–water partition coefficient (Wildman–Crippen LogP) is 2.12. The Morgan fingerprint density at radius 3 is 2.61 bits per heavy atom. The number of esters is 1. The largest absolute Gasteiger partial charge is 0.465 e. The van der Waals surface area contributed by atoms with Crippen molar-refractivity contribution in [2.24, 2.45) is 0 Å². The van der Waals surface area contributed by atoms with Gasteiger partial charge in [0, 0.05) is 11.1 Å². The zero-order chi connectivity index (χ0) is 13.0. The van der Waals surface area contributed by atoms with Crippen LogP contribution < -0.4 is 4.57 Å². The van der Waals surface area contributed by atoms with Crippen molar-refractivity contribution in [1.29, 1.82) is 0 Å². The Bertz CT molecular complexity index is 550. The summed E-state index contributed by atoms with van der Waals surface area (Å²) in [5, 5.41) is 0. The standard InChI is InChI=1S/C15H16NO2/c1-12-8-14(15(17)18-2)11-16(9-12)10-13-6-4-3-5-7-13/h3-9,11H,10H2,1-2H3/q+1. The number of pyridine rings is 1. The molecule has 92 valence electrons. The van der Waals surface area contributed by atoms with Crippen LogP contribution in [0.15, 0.2) is 48.8 Å². The van der Waals surface area contributed by atoms with Gasteiger partial charge in [0.25, 0.3) is 0 Å². The predicted molar refractivity (Wildman–Crippen MR) is 68.3 cm³/mol. The molecule has 0 amide bonds. The summed E-state index contributed by atoms with van der Waals surface area (Å²) < 4.78 is 6.74. The number of benzene rings is 1. The number of aromatic nitrogens is 1. The van der Waals surface area contributed by atoms with Crippen LogP contribution in [0.1, 0.15) is 21.5 Å². The van der Waals surface area contributed by atoms with Crippen molar-refractivity contribution in [3.63, 3.8) is 0 Å². The zero-order valence-electron chi connectivity index (χ0n) is 10.6. The number of hydrogen-bond acceptors (Lipinski definition) is 2. The van der Waals surface area contributed by atoms with E-state index in [9.17, 15) is 4.79 Å². The van der Waals surface area contributed by atoms with Crippen molar-refractivity contribution in [3.05, 3.63) is 65.5 Å².